The first-order valence-corrected chi connectivity index (χ1v) is 7.31. The molecule has 120 valence electrons. The van der Waals surface area contributed by atoms with Crippen LogP contribution in [-0.2, 0) is 9.53 Å². The van der Waals surface area contributed by atoms with Gasteiger partial charge in [0.2, 0.25) is 0 Å². The second-order valence-corrected chi connectivity index (χ2v) is 5.53. The van der Waals surface area contributed by atoms with Gasteiger partial charge < -0.3 is 15.3 Å². The Hall–Kier alpha value is -2.02. The summed E-state index contributed by atoms with van der Waals surface area (Å²) in [6.45, 7) is -0.608. The monoisotopic (exact) mass is 374 g/mol. The van der Waals surface area contributed by atoms with Crippen LogP contribution in [0.3, 0.4) is 0 Å². The average Bonchev–Trinajstić information content (AvgIpc) is 2.49. The standard InChI is InChI=1S/C14H9Cl3N2O4/c15-8-5-9(16)13(10(17)6-8)18-12(20)7-23-14(21)11-3-1-2-4-19(11)22/h1-6H,7H2,(H,18,20). The highest BCUT2D eigenvalue weighted by molar-refractivity contribution is 6.42. The summed E-state index contributed by atoms with van der Waals surface area (Å²) in [6.07, 6.45) is 1.14. The van der Waals surface area contributed by atoms with Gasteiger partial charge in [-0.05, 0) is 18.2 Å². The summed E-state index contributed by atoms with van der Waals surface area (Å²) in [7, 11) is 0. The Balaban J connectivity index is 1.99. The highest BCUT2D eigenvalue weighted by atomic mass is 35.5. The summed E-state index contributed by atoms with van der Waals surface area (Å²) in [5.41, 5.74) is -0.0831. The molecule has 1 amide bonds. The van der Waals surface area contributed by atoms with Crippen LogP contribution in [0.4, 0.5) is 5.69 Å². The zero-order valence-electron chi connectivity index (χ0n) is 11.4. The molecule has 0 atom stereocenters. The number of hydrogen-bond acceptors (Lipinski definition) is 4. The number of nitrogens with one attached hydrogen (secondary N) is 1. The number of carbonyl (C=O) groups excluding carboxylic acids is 2. The third-order valence-corrected chi connectivity index (χ3v) is 3.45. The van der Waals surface area contributed by atoms with Gasteiger partial charge in [-0.1, -0.05) is 34.8 Å². The lowest BCUT2D eigenvalue weighted by atomic mass is 10.3. The maximum Gasteiger partial charge on any atom is 0.405 e. The van der Waals surface area contributed by atoms with Gasteiger partial charge in [0, 0.05) is 17.2 Å². The molecule has 0 aliphatic heterocycles. The smallest absolute Gasteiger partial charge is 0.405 e. The number of rotatable bonds is 4. The van der Waals surface area contributed by atoms with Crippen molar-refractivity contribution in [2.45, 2.75) is 0 Å². The van der Waals surface area contributed by atoms with Crippen LogP contribution < -0.4 is 10.0 Å². The van der Waals surface area contributed by atoms with Gasteiger partial charge in [-0.2, -0.15) is 4.73 Å². The molecule has 1 aromatic carbocycles. The first kappa shape index (κ1) is 17.3. The molecule has 1 N–H and O–H groups in total. The molecule has 0 saturated heterocycles. The fourth-order valence-electron chi connectivity index (χ4n) is 1.63. The Labute approximate surface area is 146 Å². The van der Waals surface area contributed by atoms with Crippen molar-refractivity contribution in [1.82, 2.24) is 0 Å². The van der Waals surface area contributed by atoms with Crippen LogP contribution in [0.5, 0.6) is 0 Å². The van der Waals surface area contributed by atoms with Crippen molar-refractivity contribution >= 4 is 52.4 Å². The largest absolute Gasteiger partial charge is 0.618 e. The molecule has 0 spiro atoms. The average molecular weight is 376 g/mol. The molecule has 0 aliphatic carbocycles. The molecule has 0 bridgehead atoms. The van der Waals surface area contributed by atoms with E-state index < -0.39 is 18.5 Å². The zero-order chi connectivity index (χ0) is 17.0. The predicted octanol–water partition coefficient (Wildman–Crippen LogP) is 3.08. The fraction of sp³-hybridized carbons (Fsp3) is 0.0714. The van der Waals surface area contributed by atoms with E-state index in [0.717, 1.165) is 6.20 Å². The van der Waals surface area contributed by atoms with Crippen LogP contribution >= 0.6 is 34.8 Å². The number of hydrogen-bond donors (Lipinski definition) is 1. The summed E-state index contributed by atoms with van der Waals surface area (Å²) in [5, 5.41) is 14.4. The molecule has 6 nitrogen and oxygen atoms in total. The van der Waals surface area contributed by atoms with Crippen molar-refractivity contribution in [3.8, 4) is 0 Å². The minimum Gasteiger partial charge on any atom is -0.618 e. The van der Waals surface area contributed by atoms with Crippen molar-refractivity contribution in [1.29, 1.82) is 0 Å². The van der Waals surface area contributed by atoms with E-state index in [0.29, 0.717) is 9.75 Å². The maximum absolute atomic E-state index is 11.8. The fourth-order valence-corrected chi connectivity index (χ4v) is 2.54. The number of anilines is 1. The van der Waals surface area contributed by atoms with Gasteiger partial charge in [-0.25, -0.2) is 4.79 Å². The Bertz CT molecular complexity index is 744. The van der Waals surface area contributed by atoms with Crippen molar-refractivity contribution in [3.63, 3.8) is 0 Å². The topological polar surface area (TPSA) is 82.3 Å². The molecule has 0 fully saturated rings. The molecule has 0 radical (unpaired) electrons. The van der Waals surface area contributed by atoms with Crippen LogP contribution in [0.25, 0.3) is 0 Å². The Kier molecular flexibility index (Phi) is 5.65. The van der Waals surface area contributed by atoms with Gasteiger partial charge in [0.15, 0.2) is 12.8 Å². The van der Waals surface area contributed by atoms with Crippen LogP contribution in [0.1, 0.15) is 10.5 Å². The normalized spacial score (nSPS) is 10.2. The summed E-state index contributed by atoms with van der Waals surface area (Å²) >= 11 is 17.6. The van der Waals surface area contributed by atoms with Gasteiger partial charge in [0.05, 0.1) is 15.7 Å². The molecule has 0 unspecified atom stereocenters. The van der Waals surface area contributed by atoms with Crippen LogP contribution in [0.2, 0.25) is 15.1 Å². The van der Waals surface area contributed by atoms with E-state index in [2.05, 4.69) is 5.32 Å². The van der Waals surface area contributed by atoms with Crippen molar-refractivity contribution in [2.24, 2.45) is 0 Å². The second kappa shape index (κ2) is 7.50. The summed E-state index contributed by atoms with van der Waals surface area (Å²) in [5.74, 6) is -1.60. The zero-order valence-corrected chi connectivity index (χ0v) is 13.7. The first-order valence-electron chi connectivity index (χ1n) is 6.18. The van der Waals surface area contributed by atoms with E-state index >= 15 is 0 Å². The van der Waals surface area contributed by atoms with E-state index in [1.165, 1.54) is 30.3 Å². The summed E-state index contributed by atoms with van der Waals surface area (Å²) in [6, 6.07) is 7.04. The maximum atomic E-state index is 11.8. The van der Waals surface area contributed by atoms with Crippen molar-refractivity contribution < 1.29 is 19.1 Å². The summed E-state index contributed by atoms with van der Waals surface area (Å²) < 4.78 is 5.10. The van der Waals surface area contributed by atoms with Gasteiger partial charge in [0.25, 0.3) is 5.91 Å². The number of carbonyl (C=O) groups is 2. The quantitative estimate of drug-likeness (QED) is 0.506. The molecular formula is C14H9Cl3N2O4. The molecule has 9 heteroatoms. The number of pyridine rings is 1. The molecule has 2 rings (SSSR count). The molecule has 0 aliphatic rings. The third kappa shape index (κ3) is 4.48. The van der Waals surface area contributed by atoms with E-state index in [1.807, 2.05) is 0 Å². The molecule has 1 heterocycles. The van der Waals surface area contributed by atoms with E-state index in [1.54, 1.807) is 0 Å². The van der Waals surface area contributed by atoms with Crippen LogP contribution in [0, 0.1) is 5.21 Å². The Morgan fingerprint density at radius 1 is 1.17 bits per heavy atom. The first-order chi connectivity index (χ1) is 10.9. The second-order valence-electron chi connectivity index (χ2n) is 4.28. The molecule has 1 aromatic heterocycles. The van der Waals surface area contributed by atoms with Gasteiger partial charge in [-0.15, -0.1) is 0 Å². The predicted molar refractivity (Wildman–Crippen MR) is 85.8 cm³/mol. The van der Waals surface area contributed by atoms with Gasteiger partial charge in [0.1, 0.15) is 0 Å². The third-order valence-electron chi connectivity index (χ3n) is 2.64. The highest BCUT2D eigenvalue weighted by Crippen LogP contribution is 2.33. The van der Waals surface area contributed by atoms with E-state index in [-0.39, 0.29) is 21.4 Å². The number of ether oxygens (including phenoxy) is 1. The number of halogens is 3. The number of benzene rings is 1. The minimum atomic E-state index is -0.927. The lowest BCUT2D eigenvalue weighted by molar-refractivity contribution is -0.608. The summed E-state index contributed by atoms with van der Waals surface area (Å²) in [4.78, 5) is 23.5. The number of aromatic nitrogens is 1. The SMILES string of the molecule is O=C(COC(=O)c1cccc[n+]1[O-])Nc1c(Cl)cc(Cl)cc1Cl. The van der Waals surface area contributed by atoms with Gasteiger partial charge in [-0.3, -0.25) is 4.79 Å². The van der Waals surface area contributed by atoms with E-state index in [9.17, 15) is 14.8 Å². The van der Waals surface area contributed by atoms with Crippen LogP contribution in [-0.4, -0.2) is 18.5 Å². The highest BCUT2D eigenvalue weighted by Gasteiger charge is 2.19. The van der Waals surface area contributed by atoms with Crippen molar-refractivity contribution in [3.05, 3.63) is 62.5 Å². The Morgan fingerprint density at radius 2 is 1.83 bits per heavy atom. The minimum absolute atomic E-state index is 0.141. The Morgan fingerprint density at radius 3 is 2.43 bits per heavy atom. The lowest BCUT2D eigenvalue weighted by Crippen LogP contribution is -2.35. The molecule has 0 saturated carbocycles. The van der Waals surface area contributed by atoms with Crippen LogP contribution in [0.15, 0.2) is 36.5 Å². The lowest BCUT2D eigenvalue weighted by Gasteiger charge is -2.10. The van der Waals surface area contributed by atoms with Gasteiger partial charge >= 0.3 is 11.7 Å². The number of esters is 1. The number of amides is 1. The molecule has 2 aromatic rings. The molecular weight excluding hydrogens is 367 g/mol. The number of nitrogens with zero attached hydrogens (tertiary/aromatic N) is 1. The molecule has 23 heavy (non-hydrogen) atoms. The van der Waals surface area contributed by atoms with Crippen molar-refractivity contribution in [2.75, 3.05) is 11.9 Å². The van der Waals surface area contributed by atoms with E-state index in [4.69, 9.17) is 39.5 Å².